The quantitative estimate of drug-likeness (QED) is 0.944. The van der Waals surface area contributed by atoms with Gasteiger partial charge in [-0.2, -0.15) is 0 Å². The van der Waals surface area contributed by atoms with Crippen LogP contribution in [-0.2, 0) is 13.0 Å². The Morgan fingerprint density at radius 1 is 1.28 bits per heavy atom. The van der Waals surface area contributed by atoms with Gasteiger partial charge in [-0.25, -0.2) is 0 Å². The number of aromatic nitrogens is 1. The number of hydrogen-bond acceptors (Lipinski definition) is 3. The average molecular weight is 305 g/mol. The summed E-state index contributed by atoms with van der Waals surface area (Å²) >= 11 is 3.38. The average Bonchev–Trinajstić information content (AvgIpc) is 2.85. The van der Waals surface area contributed by atoms with Crippen LogP contribution in [0.5, 0.6) is 5.75 Å². The van der Waals surface area contributed by atoms with Crippen LogP contribution in [0.2, 0.25) is 0 Å². The SMILES string of the molecule is Brc1ccc(CNc2ccc3c(c2)CCO3)nc1. The van der Waals surface area contributed by atoms with Crippen LogP contribution in [0.15, 0.2) is 41.0 Å². The van der Waals surface area contributed by atoms with E-state index in [1.807, 2.05) is 30.5 Å². The minimum Gasteiger partial charge on any atom is -0.493 e. The predicted octanol–water partition coefficient (Wildman–Crippen LogP) is 3.39. The number of pyridine rings is 1. The molecule has 0 atom stereocenters. The first-order valence-electron chi connectivity index (χ1n) is 5.91. The number of nitrogens with zero attached hydrogens (tertiary/aromatic N) is 1. The molecule has 3 nitrogen and oxygen atoms in total. The molecular formula is C14H13BrN2O. The van der Waals surface area contributed by atoms with Gasteiger partial charge >= 0.3 is 0 Å². The molecule has 0 bridgehead atoms. The maximum absolute atomic E-state index is 5.48. The molecule has 0 radical (unpaired) electrons. The number of fused-ring (bicyclic) bond motifs is 1. The van der Waals surface area contributed by atoms with Crippen molar-refractivity contribution in [1.82, 2.24) is 4.98 Å². The minimum absolute atomic E-state index is 0.729. The number of hydrogen-bond donors (Lipinski definition) is 1. The molecule has 1 N–H and O–H groups in total. The van der Waals surface area contributed by atoms with Gasteiger partial charge in [-0.3, -0.25) is 4.98 Å². The van der Waals surface area contributed by atoms with E-state index in [2.05, 4.69) is 32.3 Å². The largest absolute Gasteiger partial charge is 0.493 e. The van der Waals surface area contributed by atoms with E-state index in [4.69, 9.17) is 4.74 Å². The van der Waals surface area contributed by atoms with Crippen molar-refractivity contribution in [2.75, 3.05) is 11.9 Å². The Morgan fingerprint density at radius 3 is 3.06 bits per heavy atom. The Balaban J connectivity index is 1.68. The first kappa shape index (κ1) is 11.5. The molecule has 18 heavy (non-hydrogen) atoms. The lowest BCUT2D eigenvalue weighted by molar-refractivity contribution is 0.357. The smallest absolute Gasteiger partial charge is 0.122 e. The fourth-order valence-corrected chi connectivity index (χ4v) is 2.23. The van der Waals surface area contributed by atoms with E-state index < -0.39 is 0 Å². The van der Waals surface area contributed by atoms with Crippen LogP contribution in [0, 0.1) is 0 Å². The Morgan fingerprint density at radius 2 is 2.22 bits per heavy atom. The molecule has 4 heteroatoms. The molecule has 1 aliphatic rings. The number of halogens is 1. The molecule has 0 unspecified atom stereocenters. The van der Waals surface area contributed by atoms with Crippen LogP contribution in [0.1, 0.15) is 11.3 Å². The highest BCUT2D eigenvalue weighted by molar-refractivity contribution is 9.10. The molecule has 1 aromatic heterocycles. The van der Waals surface area contributed by atoms with Gasteiger partial charge < -0.3 is 10.1 Å². The van der Waals surface area contributed by atoms with Gasteiger partial charge in [0.25, 0.3) is 0 Å². The highest BCUT2D eigenvalue weighted by Gasteiger charge is 2.11. The van der Waals surface area contributed by atoms with E-state index in [9.17, 15) is 0 Å². The second-order valence-corrected chi connectivity index (χ2v) is 5.16. The third-order valence-electron chi connectivity index (χ3n) is 2.95. The van der Waals surface area contributed by atoms with E-state index in [-0.39, 0.29) is 0 Å². The van der Waals surface area contributed by atoms with Gasteiger partial charge in [0.2, 0.25) is 0 Å². The maximum Gasteiger partial charge on any atom is 0.122 e. The molecule has 2 aromatic rings. The highest BCUT2D eigenvalue weighted by Crippen LogP contribution is 2.27. The highest BCUT2D eigenvalue weighted by atomic mass is 79.9. The van der Waals surface area contributed by atoms with E-state index in [1.54, 1.807) is 0 Å². The van der Waals surface area contributed by atoms with Gasteiger partial charge in [-0.05, 0) is 51.8 Å². The standard InChI is InChI=1S/C14H13BrN2O/c15-11-1-2-13(16-8-11)9-17-12-3-4-14-10(7-12)5-6-18-14/h1-4,7-8,17H,5-6,9H2. The predicted molar refractivity (Wildman–Crippen MR) is 74.9 cm³/mol. The second kappa shape index (κ2) is 4.98. The van der Waals surface area contributed by atoms with Crippen molar-refractivity contribution < 1.29 is 4.74 Å². The normalized spacial score (nSPS) is 12.9. The summed E-state index contributed by atoms with van der Waals surface area (Å²) in [4.78, 5) is 4.33. The van der Waals surface area contributed by atoms with Crippen molar-refractivity contribution in [3.8, 4) is 5.75 Å². The Bertz CT molecular complexity index is 554. The van der Waals surface area contributed by atoms with Crippen molar-refractivity contribution in [2.24, 2.45) is 0 Å². The van der Waals surface area contributed by atoms with Gasteiger partial charge in [-0.15, -0.1) is 0 Å². The zero-order valence-corrected chi connectivity index (χ0v) is 11.4. The Kier molecular flexibility index (Phi) is 3.19. The van der Waals surface area contributed by atoms with Crippen molar-refractivity contribution in [3.63, 3.8) is 0 Å². The molecule has 0 amide bonds. The molecule has 0 aliphatic carbocycles. The fourth-order valence-electron chi connectivity index (χ4n) is 2.00. The summed E-state index contributed by atoms with van der Waals surface area (Å²) < 4.78 is 6.48. The lowest BCUT2D eigenvalue weighted by atomic mass is 10.1. The summed E-state index contributed by atoms with van der Waals surface area (Å²) in [5.74, 6) is 1.02. The summed E-state index contributed by atoms with van der Waals surface area (Å²) in [6.07, 6.45) is 2.81. The molecule has 0 saturated heterocycles. The molecule has 92 valence electrons. The summed E-state index contributed by atoms with van der Waals surface area (Å²) in [7, 11) is 0. The Hall–Kier alpha value is -1.55. The monoisotopic (exact) mass is 304 g/mol. The third-order valence-corrected chi connectivity index (χ3v) is 3.42. The minimum atomic E-state index is 0.729. The molecule has 1 aliphatic heterocycles. The molecule has 3 rings (SSSR count). The first-order valence-corrected chi connectivity index (χ1v) is 6.70. The first-order chi connectivity index (χ1) is 8.81. The molecule has 1 aromatic carbocycles. The van der Waals surface area contributed by atoms with E-state index in [1.165, 1.54) is 5.56 Å². The number of rotatable bonds is 3. The summed E-state index contributed by atoms with van der Waals surface area (Å²) in [6, 6.07) is 10.2. The van der Waals surface area contributed by atoms with Gasteiger partial charge in [-0.1, -0.05) is 0 Å². The number of anilines is 1. The fraction of sp³-hybridized carbons (Fsp3) is 0.214. The molecular weight excluding hydrogens is 292 g/mol. The van der Waals surface area contributed by atoms with Crippen LogP contribution >= 0.6 is 15.9 Å². The summed E-state index contributed by atoms with van der Waals surface area (Å²) in [6.45, 7) is 1.53. The summed E-state index contributed by atoms with van der Waals surface area (Å²) in [5, 5.41) is 3.38. The van der Waals surface area contributed by atoms with Gasteiger partial charge in [0.15, 0.2) is 0 Å². The van der Waals surface area contributed by atoms with Crippen LogP contribution in [-0.4, -0.2) is 11.6 Å². The zero-order chi connectivity index (χ0) is 12.4. The van der Waals surface area contributed by atoms with E-state index in [0.717, 1.165) is 41.2 Å². The van der Waals surface area contributed by atoms with Crippen molar-refractivity contribution in [2.45, 2.75) is 13.0 Å². The van der Waals surface area contributed by atoms with E-state index >= 15 is 0 Å². The maximum atomic E-state index is 5.48. The van der Waals surface area contributed by atoms with E-state index in [0.29, 0.717) is 0 Å². The van der Waals surface area contributed by atoms with Crippen LogP contribution in [0.25, 0.3) is 0 Å². The van der Waals surface area contributed by atoms with Crippen LogP contribution in [0.4, 0.5) is 5.69 Å². The van der Waals surface area contributed by atoms with Crippen molar-refractivity contribution in [3.05, 3.63) is 52.3 Å². The third kappa shape index (κ3) is 2.48. The molecule has 0 fully saturated rings. The van der Waals surface area contributed by atoms with Crippen LogP contribution < -0.4 is 10.1 Å². The van der Waals surface area contributed by atoms with Gasteiger partial charge in [0.1, 0.15) is 5.75 Å². The zero-order valence-electron chi connectivity index (χ0n) is 9.82. The second-order valence-electron chi connectivity index (χ2n) is 4.24. The van der Waals surface area contributed by atoms with Crippen molar-refractivity contribution >= 4 is 21.6 Å². The number of benzene rings is 1. The topological polar surface area (TPSA) is 34.1 Å². The lowest BCUT2D eigenvalue weighted by Crippen LogP contribution is -2.01. The molecule has 0 spiro atoms. The van der Waals surface area contributed by atoms with Gasteiger partial charge in [0.05, 0.1) is 18.8 Å². The number of nitrogens with one attached hydrogen (secondary N) is 1. The van der Waals surface area contributed by atoms with Crippen molar-refractivity contribution in [1.29, 1.82) is 0 Å². The molecule has 2 heterocycles. The molecule has 0 saturated carbocycles. The van der Waals surface area contributed by atoms with Gasteiger partial charge in [0, 0.05) is 22.8 Å². The lowest BCUT2D eigenvalue weighted by Gasteiger charge is -2.07. The summed E-state index contributed by atoms with van der Waals surface area (Å²) in [5.41, 5.74) is 3.42. The Labute approximate surface area is 114 Å². The number of ether oxygens (including phenoxy) is 1. The van der Waals surface area contributed by atoms with Crippen LogP contribution in [0.3, 0.4) is 0 Å².